The van der Waals surface area contributed by atoms with Crippen LogP contribution in [-0.2, 0) is 10.0 Å². The van der Waals surface area contributed by atoms with Gasteiger partial charge in [-0.15, -0.1) is 0 Å². The van der Waals surface area contributed by atoms with Gasteiger partial charge in [0.1, 0.15) is 4.90 Å². The molecule has 2 heterocycles. The van der Waals surface area contributed by atoms with Crippen LogP contribution in [-0.4, -0.2) is 42.0 Å². The van der Waals surface area contributed by atoms with Crippen LogP contribution < -0.4 is 11.3 Å². The summed E-state index contributed by atoms with van der Waals surface area (Å²) >= 11 is 5.88. The van der Waals surface area contributed by atoms with E-state index in [2.05, 4.69) is 10.4 Å². The van der Waals surface area contributed by atoms with Gasteiger partial charge in [-0.05, 0) is 18.9 Å². The molecule has 4 N–H and O–H groups in total. The lowest BCUT2D eigenvalue weighted by molar-refractivity contribution is 0.213. The predicted molar refractivity (Wildman–Crippen MR) is 71.1 cm³/mol. The van der Waals surface area contributed by atoms with Gasteiger partial charge in [0, 0.05) is 18.8 Å². The molecule has 9 heteroatoms. The fourth-order valence-corrected chi connectivity index (χ4v) is 4.05. The van der Waals surface area contributed by atoms with Crippen LogP contribution in [0, 0.1) is 0 Å². The summed E-state index contributed by atoms with van der Waals surface area (Å²) in [4.78, 5) is 3.85. The quantitative estimate of drug-likeness (QED) is 0.540. The van der Waals surface area contributed by atoms with Crippen molar-refractivity contribution in [2.24, 2.45) is 5.84 Å². The molecule has 1 aliphatic heterocycles. The van der Waals surface area contributed by atoms with Gasteiger partial charge in [-0.1, -0.05) is 11.6 Å². The number of aliphatic hydroxyl groups excluding tert-OH is 1. The van der Waals surface area contributed by atoms with Crippen LogP contribution in [0.15, 0.2) is 17.2 Å². The van der Waals surface area contributed by atoms with Crippen LogP contribution in [0.1, 0.15) is 12.8 Å². The average molecular weight is 307 g/mol. The molecule has 106 valence electrons. The van der Waals surface area contributed by atoms with Crippen molar-refractivity contribution in [1.82, 2.24) is 9.29 Å². The lowest BCUT2D eigenvalue weighted by atomic mass is 10.2. The Kier molecular flexibility index (Phi) is 4.26. The molecule has 7 nitrogen and oxygen atoms in total. The van der Waals surface area contributed by atoms with Gasteiger partial charge in [0.15, 0.2) is 5.82 Å². The monoisotopic (exact) mass is 306 g/mol. The predicted octanol–water partition coefficient (Wildman–Crippen LogP) is 0.166. The zero-order chi connectivity index (χ0) is 14.0. The van der Waals surface area contributed by atoms with Gasteiger partial charge in [-0.2, -0.15) is 4.31 Å². The summed E-state index contributed by atoms with van der Waals surface area (Å²) in [6.45, 7) is 0.199. The number of rotatable bonds is 4. The first-order valence-corrected chi connectivity index (χ1v) is 7.57. The van der Waals surface area contributed by atoms with Gasteiger partial charge in [0.2, 0.25) is 10.0 Å². The Hall–Kier alpha value is -0.930. The second-order valence-corrected chi connectivity index (χ2v) is 6.54. The topological polar surface area (TPSA) is 109 Å². The van der Waals surface area contributed by atoms with Gasteiger partial charge in [0.25, 0.3) is 0 Å². The highest BCUT2D eigenvalue weighted by molar-refractivity contribution is 7.89. The van der Waals surface area contributed by atoms with Crippen LogP contribution in [0.25, 0.3) is 0 Å². The number of pyridine rings is 1. The first-order chi connectivity index (χ1) is 9.00. The molecule has 0 radical (unpaired) electrons. The Balaban J connectivity index is 2.37. The number of hydrogen-bond donors (Lipinski definition) is 3. The molecule has 1 unspecified atom stereocenters. The molecule has 0 aromatic carbocycles. The van der Waals surface area contributed by atoms with Crippen molar-refractivity contribution in [2.75, 3.05) is 18.6 Å². The molecule has 1 saturated heterocycles. The number of anilines is 1. The number of nitrogen functional groups attached to an aromatic ring is 1. The van der Waals surface area contributed by atoms with E-state index >= 15 is 0 Å². The summed E-state index contributed by atoms with van der Waals surface area (Å²) in [5.74, 6) is 5.39. The van der Waals surface area contributed by atoms with Gasteiger partial charge in [-0.25, -0.2) is 19.2 Å². The minimum Gasteiger partial charge on any atom is -0.395 e. The number of sulfonamides is 1. The molecular formula is C10H15ClN4O3S. The molecule has 2 rings (SSSR count). The SMILES string of the molecule is NNc1ncc(S(=O)(=O)N2CCCC2CO)cc1Cl. The van der Waals surface area contributed by atoms with Gasteiger partial charge in [0.05, 0.1) is 11.6 Å². The van der Waals surface area contributed by atoms with Crippen molar-refractivity contribution in [2.45, 2.75) is 23.8 Å². The third-order valence-corrected chi connectivity index (χ3v) is 5.30. The second-order valence-electron chi connectivity index (χ2n) is 4.24. The first kappa shape index (κ1) is 14.5. The van der Waals surface area contributed by atoms with E-state index in [1.54, 1.807) is 0 Å². The Labute approximate surface area is 116 Å². The smallest absolute Gasteiger partial charge is 0.244 e. The van der Waals surface area contributed by atoms with Crippen molar-refractivity contribution in [1.29, 1.82) is 0 Å². The molecule has 0 aliphatic carbocycles. The van der Waals surface area contributed by atoms with E-state index in [9.17, 15) is 13.5 Å². The fourth-order valence-electron chi connectivity index (χ4n) is 2.11. The third-order valence-electron chi connectivity index (χ3n) is 3.09. The number of hydrazine groups is 1. The van der Waals surface area contributed by atoms with Crippen LogP contribution in [0.3, 0.4) is 0 Å². The number of aromatic nitrogens is 1. The minimum atomic E-state index is -3.69. The zero-order valence-electron chi connectivity index (χ0n) is 10.1. The number of nitrogens with one attached hydrogen (secondary N) is 1. The molecule has 19 heavy (non-hydrogen) atoms. The van der Waals surface area contributed by atoms with Crippen LogP contribution in [0.4, 0.5) is 5.82 Å². The Bertz CT molecular complexity index is 566. The van der Waals surface area contributed by atoms with Gasteiger partial charge < -0.3 is 10.5 Å². The largest absolute Gasteiger partial charge is 0.395 e. The number of aliphatic hydroxyl groups is 1. The van der Waals surface area contributed by atoms with E-state index in [0.717, 1.165) is 6.42 Å². The number of nitrogens with zero attached hydrogens (tertiary/aromatic N) is 2. The maximum Gasteiger partial charge on any atom is 0.244 e. The molecule has 0 spiro atoms. The lowest BCUT2D eigenvalue weighted by Gasteiger charge is -2.22. The Morgan fingerprint density at radius 3 is 2.95 bits per heavy atom. The summed E-state index contributed by atoms with van der Waals surface area (Å²) < 4.78 is 26.1. The number of halogens is 1. The minimum absolute atomic E-state index is 0.00292. The standard InChI is InChI=1S/C10H15ClN4O3S/c11-9-4-8(5-13-10(9)14-12)19(17,18)15-3-1-2-7(15)6-16/h4-5,7,16H,1-3,6,12H2,(H,13,14). The molecule has 0 saturated carbocycles. The van der Waals surface area contributed by atoms with E-state index in [0.29, 0.717) is 13.0 Å². The van der Waals surface area contributed by atoms with E-state index in [-0.39, 0.29) is 28.4 Å². The van der Waals surface area contributed by atoms with Gasteiger partial charge in [-0.3, -0.25) is 0 Å². The fraction of sp³-hybridized carbons (Fsp3) is 0.500. The molecule has 0 bridgehead atoms. The highest BCUT2D eigenvalue weighted by atomic mass is 35.5. The second kappa shape index (κ2) is 5.59. The Morgan fingerprint density at radius 1 is 1.63 bits per heavy atom. The third kappa shape index (κ3) is 2.67. The van der Waals surface area contributed by atoms with Crippen LogP contribution in [0.2, 0.25) is 5.02 Å². The van der Waals surface area contributed by atoms with E-state index in [1.807, 2.05) is 0 Å². The normalized spacial score (nSPS) is 20.7. The highest BCUT2D eigenvalue weighted by Gasteiger charge is 2.35. The number of nitrogens with two attached hydrogens (primary N) is 1. The van der Waals surface area contributed by atoms with Crippen LogP contribution >= 0.6 is 11.6 Å². The first-order valence-electron chi connectivity index (χ1n) is 5.75. The molecule has 1 atom stereocenters. The molecule has 1 fully saturated rings. The average Bonchev–Trinajstić information content (AvgIpc) is 2.87. The van der Waals surface area contributed by atoms with E-state index in [4.69, 9.17) is 17.4 Å². The van der Waals surface area contributed by atoms with Crippen molar-refractivity contribution in [3.8, 4) is 0 Å². The number of hydrogen-bond acceptors (Lipinski definition) is 6. The molecular weight excluding hydrogens is 292 g/mol. The lowest BCUT2D eigenvalue weighted by Crippen LogP contribution is -2.37. The van der Waals surface area contributed by atoms with Crippen LogP contribution in [0.5, 0.6) is 0 Å². The van der Waals surface area contributed by atoms with Crippen molar-refractivity contribution >= 4 is 27.4 Å². The summed E-state index contributed by atoms with van der Waals surface area (Å²) in [5, 5.41) is 9.34. The zero-order valence-corrected chi connectivity index (χ0v) is 11.7. The summed E-state index contributed by atoms with van der Waals surface area (Å²) in [7, 11) is -3.69. The summed E-state index contributed by atoms with van der Waals surface area (Å²) in [6.07, 6.45) is 2.58. The van der Waals surface area contributed by atoms with Crippen molar-refractivity contribution in [3.05, 3.63) is 17.3 Å². The highest BCUT2D eigenvalue weighted by Crippen LogP contribution is 2.28. The van der Waals surface area contributed by atoms with Crippen molar-refractivity contribution < 1.29 is 13.5 Å². The van der Waals surface area contributed by atoms with Crippen molar-refractivity contribution in [3.63, 3.8) is 0 Å². The van der Waals surface area contributed by atoms with E-state index < -0.39 is 10.0 Å². The summed E-state index contributed by atoms with van der Waals surface area (Å²) in [6, 6.07) is 0.919. The summed E-state index contributed by atoms with van der Waals surface area (Å²) in [5.41, 5.74) is 2.27. The molecule has 1 aliphatic rings. The van der Waals surface area contributed by atoms with Gasteiger partial charge >= 0.3 is 0 Å². The maximum atomic E-state index is 12.4. The maximum absolute atomic E-state index is 12.4. The molecule has 1 aromatic rings. The molecule has 1 aromatic heterocycles. The van der Waals surface area contributed by atoms with E-state index in [1.165, 1.54) is 16.6 Å². The Morgan fingerprint density at radius 2 is 2.37 bits per heavy atom. The molecule has 0 amide bonds.